The van der Waals surface area contributed by atoms with Crippen LogP contribution in [0.1, 0.15) is 56.9 Å². The number of carbonyl (C=O) groups is 2. The molecular formula is C30H37F3N6O5. The number of para-hydroxylation sites is 1. The van der Waals surface area contributed by atoms with Crippen molar-refractivity contribution in [1.29, 1.82) is 0 Å². The predicted octanol–water partition coefficient (Wildman–Crippen LogP) is 4.34. The van der Waals surface area contributed by atoms with Crippen LogP contribution in [0.2, 0.25) is 0 Å². The minimum Gasteiger partial charge on any atom is -0.507 e. The van der Waals surface area contributed by atoms with Gasteiger partial charge in [0.2, 0.25) is 5.91 Å². The first-order chi connectivity index (χ1) is 20.8. The maximum Gasteiger partial charge on any atom is 0.490 e. The smallest absolute Gasteiger partial charge is 0.490 e. The van der Waals surface area contributed by atoms with E-state index in [1.54, 1.807) is 18.3 Å². The van der Waals surface area contributed by atoms with Crippen LogP contribution in [0.15, 0.2) is 47.1 Å². The van der Waals surface area contributed by atoms with Crippen LogP contribution in [0.4, 0.5) is 18.9 Å². The van der Waals surface area contributed by atoms with E-state index < -0.39 is 17.6 Å². The molecule has 0 radical (unpaired) electrons. The molecule has 1 amide bonds. The van der Waals surface area contributed by atoms with Gasteiger partial charge in [-0.3, -0.25) is 4.79 Å². The van der Waals surface area contributed by atoms with E-state index in [0.29, 0.717) is 37.2 Å². The van der Waals surface area contributed by atoms with E-state index in [-0.39, 0.29) is 23.6 Å². The molecule has 238 valence electrons. The molecule has 3 aromatic rings. The van der Waals surface area contributed by atoms with Gasteiger partial charge in [0.05, 0.1) is 28.7 Å². The number of hydrogen-bond acceptors (Lipinski definition) is 9. The van der Waals surface area contributed by atoms with Crippen molar-refractivity contribution in [3.05, 3.63) is 54.0 Å². The van der Waals surface area contributed by atoms with Crippen LogP contribution in [0.5, 0.6) is 5.75 Å². The highest BCUT2D eigenvalue weighted by Gasteiger charge is 2.48. The first kappa shape index (κ1) is 32.7. The Kier molecular flexibility index (Phi) is 10.1. The Labute approximate surface area is 253 Å². The van der Waals surface area contributed by atoms with E-state index in [1.807, 2.05) is 36.2 Å². The van der Waals surface area contributed by atoms with Crippen molar-refractivity contribution in [2.45, 2.75) is 63.1 Å². The Bertz CT molecular complexity index is 1430. The Morgan fingerprint density at radius 2 is 1.77 bits per heavy atom. The second-order valence-electron chi connectivity index (χ2n) is 11.4. The number of carboxylic acids is 1. The molecule has 1 aromatic carbocycles. The number of aliphatic carboxylic acids is 1. The summed E-state index contributed by atoms with van der Waals surface area (Å²) in [6.07, 6.45) is -0.179. The van der Waals surface area contributed by atoms with E-state index in [4.69, 9.17) is 14.4 Å². The third kappa shape index (κ3) is 7.29. The Hall–Kier alpha value is -4.20. The number of piperidine rings is 2. The molecule has 0 bridgehead atoms. The molecule has 2 aromatic heterocycles. The van der Waals surface area contributed by atoms with Gasteiger partial charge in [-0.1, -0.05) is 31.1 Å². The highest BCUT2D eigenvalue weighted by atomic mass is 19.4. The van der Waals surface area contributed by atoms with Crippen molar-refractivity contribution < 1.29 is 37.5 Å². The lowest BCUT2D eigenvalue weighted by molar-refractivity contribution is -0.192. The van der Waals surface area contributed by atoms with E-state index >= 15 is 0 Å². The molecule has 2 aliphatic rings. The Morgan fingerprint density at radius 3 is 2.34 bits per heavy atom. The predicted molar refractivity (Wildman–Crippen MR) is 155 cm³/mol. The van der Waals surface area contributed by atoms with Crippen molar-refractivity contribution in [1.82, 2.24) is 25.6 Å². The molecule has 2 aliphatic heterocycles. The van der Waals surface area contributed by atoms with Crippen LogP contribution in [-0.2, 0) is 15.0 Å². The number of aromatic nitrogens is 3. The minimum atomic E-state index is -5.08. The zero-order chi connectivity index (χ0) is 32.1. The van der Waals surface area contributed by atoms with Crippen molar-refractivity contribution in [3.63, 3.8) is 0 Å². The number of aromatic hydroxyl groups is 1. The second-order valence-corrected chi connectivity index (χ2v) is 11.4. The second kappa shape index (κ2) is 13.6. The van der Waals surface area contributed by atoms with Crippen LogP contribution in [-0.4, -0.2) is 87.8 Å². The lowest BCUT2D eigenvalue weighted by Gasteiger charge is -2.44. The number of rotatable bonds is 6. The summed E-state index contributed by atoms with van der Waals surface area (Å²) in [4.78, 5) is 27.3. The number of alkyl halides is 3. The largest absolute Gasteiger partial charge is 0.507 e. The quantitative estimate of drug-likeness (QED) is 0.365. The summed E-state index contributed by atoms with van der Waals surface area (Å²) in [5.41, 5.74) is 2.19. The first-order valence-corrected chi connectivity index (χ1v) is 14.4. The lowest BCUT2D eigenvalue weighted by Crippen LogP contribution is -2.55. The van der Waals surface area contributed by atoms with E-state index in [1.165, 1.54) is 0 Å². The lowest BCUT2D eigenvalue weighted by atomic mass is 9.73. The third-order valence-corrected chi connectivity index (χ3v) is 8.22. The van der Waals surface area contributed by atoms with Gasteiger partial charge in [-0.2, -0.15) is 23.4 Å². The van der Waals surface area contributed by atoms with Gasteiger partial charge in [0, 0.05) is 43.7 Å². The fourth-order valence-corrected chi connectivity index (χ4v) is 5.56. The van der Waals surface area contributed by atoms with Crippen molar-refractivity contribution in [3.8, 4) is 17.0 Å². The van der Waals surface area contributed by atoms with Gasteiger partial charge < -0.3 is 29.9 Å². The van der Waals surface area contributed by atoms with Crippen LogP contribution < -0.4 is 10.2 Å². The fraction of sp³-hybridized carbons (Fsp3) is 0.500. The summed E-state index contributed by atoms with van der Waals surface area (Å²) in [6.45, 7) is 7.34. The van der Waals surface area contributed by atoms with Gasteiger partial charge in [0.1, 0.15) is 11.5 Å². The standard InChI is InChI=1S/C28H36N6O3.C2HF3O2/c1-19(2)25-17-26(32-37-25)28(27(36)33(3)20-8-12-29-13-9-20)10-14-34(15-11-28)21-16-23(31-30-18-21)22-6-4-5-7-24(22)35;3-2(4,5)1(6)7/h4-7,16-20,29,35H,8-15H2,1-3H3;(H,6,7). The number of halogens is 3. The van der Waals surface area contributed by atoms with Crippen LogP contribution in [0.25, 0.3) is 11.3 Å². The summed E-state index contributed by atoms with van der Waals surface area (Å²) in [6, 6.07) is 11.3. The van der Waals surface area contributed by atoms with E-state index in [9.17, 15) is 23.1 Å². The van der Waals surface area contributed by atoms with Gasteiger partial charge in [0.15, 0.2) is 0 Å². The van der Waals surface area contributed by atoms with Gasteiger partial charge in [-0.05, 0) is 57.0 Å². The summed E-state index contributed by atoms with van der Waals surface area (Å²) < 4.78 is 37.4. The molecule has 14 heteroatoms. The monoisotopic (exact) mass is 618 g/mol. The van der Waals surface area contributed by atoms with E-state index in [0.717, 1.165) is 43.1 Å². The summed E-state index contributed by atoms with van der Waals surface area (Å²) >= 11 is 0. The number of phenols is 1. The number of likely N-dealkylation sites (N-methyl/N-ethyl adjacent to an activating group) is 1. The van der Waals surface area contributed by atoms with Crippen LogP contribution in [0, 0.1) is 0 Å². The maximum absolute atomic E-state index is 14.2. The molecule has 0 spiro atoms. The van der Waals surface area contributed by atoms with Crippen LogP contribution >= 0.6 is 0 Å². The van der Waals surface area contributed by atoms with Crippen molar-refractivity contribution >= 4 is 17.6 Å². The first-order valence-electron chi connectivity index (χ1n) is 14.4. The molecule has 44 heavy (non-hydrogen) atoms. The molecule has 3 N–H and O–H groups in total. The molecule has 0 saturated carbocycles. The van der Waals surface area contributed by atoms with Crippen molar-refractivity contribution in [2.24, 2.45) is 0 Å². The number of phenolic OH excluding ortho intramolecular Hbond substituents is 1. The maximum atomic E-state index is 14.2. The molecule has 2 fully saturated rings. The Balaban J connectivity index is 0.000000566. The molecular weight excluding hydrogens is 581 g/mol. The summed E-state index contributed by atoms with van der Waals surface area (Å²) in [7, 11) is 1.95. The number of carboxylic acid groups (broad SMARTS) is 1. The number of amides is 1. The average molecular weight is 619 g/mol. The van der Waals surface area contributed by atoms with E-state index in [2.05, 4.69) is 39.4 Å². The molecule has 0 unspecified atom stereocenters. The number of nitrogens with zero attached hydrogens (tertiary/aromatic N) is 5. The third-order valence-electron chi connectivity index (χ3n) is 8.22. The number of anilines is 1. The van der Waals surface area contributed by atoms with Crippen molar-refractivity contribution in [2.75, 3.05) is 38.1 Å². The normalized spacial score (nSPS) is 17.1. The molecule has 0 aliphatic carbocycles. The number of carbonyl (C=O) groups excluding carboxylic acids is 1. The van der Waals surface area contributed by atoms with Gasteiger partial charge in [-0.15, -0.1) is 0 Å². The molecule has 5 rings (SSSR count). The van der Waals surface area contributed by atoms with Gasteiger partial charge in [-0.25, -0.2) is 4.79 Å². The highest BCUT2D eigenvalue weighted by Crippen LogP contribution is 2.40. The molecule has 11 nitrogen and oxygen atoms in total. The van der Waals surface area contributed by atoms with Gasteiger partial charge in [0.25, 0.3) is 0 Å². The average Bonchev–Trinajstić information content (AvgIpc) is 3.53. The zero-order valence-electron chi connectivity index (χ0n) is 24.8. The van der Waals surface area contributed by atoms with Crippen LogP contribution in [0.3, 0.4) is 0 Å². The topological polar surface area (TPSA) is 145 Å². The van der Waals surface area contributed by atoms with Gasteiger partial charge >= 0.3 is 12.1 Å². The highest BCUT2D eigenvalue weighted by molar-refractivity contribution is 5.88. The Morgan fingerprint density at radius 1 is 1.14 bits per heavy atom. The molecule has 0 atom stereocenters. The fourth-order valence-electron chi connectivity index (χ4n) is 5.56. The number of nitrogens with one attached hydrogen (secondary N) is 1. The molecule has 2 saturated heterocycles. The SMILES string of the molecule is CC(C)c1cc(C2(C(=O)N(C)C3CCNCC3)CCN(c3cnnc(-c4ccccc4O)c3)CC2)no1.O=C(O)C(F)(F)F. The number of benzene rings is 1. The summed E-state index contributed by atoms with van der Waals surface area (Å²) in [5.74, 6) is -1.45. The molecule has 4 heterocycles. The summed E-state index contributed by atoms with van der Waals surface area (Å²) in [5, 5.41) is 33.7. The minimum absolute atomic E-state index is 0.130. The zero-order valence-corrected chi connectivity index (χ0v) is 24.8. The number of hydrogen-bond donors (Lipinski definition) is 3.